The Labute approximate surface area is 135 Å². The van der Waals surface area contributed by atoms with Gasteiger partial charge in [0.05, 0.1) is 5.56 Å². The number of hydrogen-bond acceptors (Lipinski definition) is 2. The maximum Gasteiger partial charge on any atom is 0.255 e. The van der Waals surface area contributed by atoms with Crippen LogP contribution in [0.1, 0.15) is 28.2 Å². The second kappa shape index (κ2) is 6.16. The minimum absolute atomic E-state index is 0.0578. The summed E-state index contributed by atoms with van der Waals surface area (Å²) in [6.45, 7) is 6.01. The molecule has 1 aliphatic heterocycles. The van der Waals surface area contributed by atoms with Gasteiger partial charge < -0.3 is 15.2 Å². The van der Waals surface area contributed by atoms with E-state index in [4.69, 9.17) is 5.73 Å². The average Bonchev–Trinajstić information content (AvgIpc) is 3.13. The molecule has 2 aromatic rings. The van der Waals surface area contributed by atoms with Crippen LogP contribution in [0.15, 0.2) is 30.3 Å². The van der Waals surface area contributed by atoms with Crippen LogP contribution in [-0.4, -0.2) is 35.0 Å². The van der Waals surface area contributed by atoms with Crippen molar-refractivity contribution in [2.24, 2.45) is 11.7 Å². The van der Waals surface area contributed by atoms with Crippen molar-refractivity contribution in [3.05, 3.63) is 53.1 Å². The van der Waals surface area contributed by atoms with Crippen LogP contribution in [0.3, 0.4) is 0 Å². The van der Waals surface area contributed by atoms with Gasteiger partial charge in [0, 0.05) is 30.2 Å². The van der Waals surface area contributed by atoms with Crippen LogP contribution in [-0.2, 0) is 0 Å². The molecule has 1 aliphatic rings. The lowest BCUT2D eigenvalue weighted by molar-refractivity contribution is 0.0787. The topological polar surface area (TPSA) is 51.3 Å². The van der Waals surface area contributed by atoms with Crippen LogP contribution in [0, 0.1) is 25.6 Å². The summed E-state index contributed by atoms with van der Waals surface area (Å²) in [6, 6.07) is 8.23. The van der Waals surface area contributed by atoms with Crippen molar-refractivity contribution < 1.29 is 9.18 Å². The molecule has 1 saturated heterocycles. The zero-order valence-electron chi connectivity index (χ0n) is 13.6. The van der Waals surface area contributed by atoms with E-state index in [1.54, 1.807) is 12.1 Å². The molecule has 122 valence electrons. The van der Waals surface area contributed by atoms with Crippen LogP contribution in [0.4, 0.5) is 4.39 Å². The van der Waals surface area contributed by atoms with Gasteiger partial charge in [-0.3, -0.25) is 4.79 Å². The number of aryl methyl sites for hydroxylation is 1. The molecule has 1 amide bonds. The number of likely N-dealkylation sites (tertiary alicyclic amines) is 1. The predicted molar refractivity (Wildman–Crippen MR) is 88.3 cm³/mol. The van der Waals surface area contributed by atoms with Crippen molar-refractivity contribution in [3.8, 4) is 5.69 Å². The van der Waals surface area contributed by atoms with Gasteiger partial charge in [-0.05, 0) is 63.1 Å². The van der Waals surface area contributed by atoms with E-state index in [0.717, 1.165) is 36.6 Å². The molecule has 1 aromatic heterocycles. The Hall–Kier alpha value is -2.14. The van der Waals surface area contributed by atoms with Crippen molar-refractivity contribution in [3.63, 3.8) is 0 Å². The summed E-state index contributed by atoms with van der Waals surface area (Å²) in [5, 5.41) is 0. The molecular weight excluding hydrogens is 293 g/mol. The number of nitrogens with zero attached hydrogens (tertiary/aromatic N) is 2. The van der Waals surface area contributed by atoms with Gasteiger partial charge in [-0.25, -0.2) is 4.39 Å². The van der Waals surface area contributed by atoms with Crippen molar-refractivity contribution in [2.75, 3.05) is 19.6 Å². The zero-order chi connectivity index (χ0) is 16.6. The molecule has 0 saturated carbocycles. The van der Waals surface area contributed by atoms with E-state index in [1.165, 1.54) is 12.1 Å². The molecule has 1 aromatic carbocycles. The fourth-order valence-electron chi connectivity index (χ4n) is 3.35. The van der Waals surface area contributed by atoms with Crippen LogP contribution in [0.2, 0.25) is 0 Å². The largest absolute Gasteiger partial charge is 0.338 e. The predicted octanol–water partition coefficient (Wildman–Crippen LogP) is 2.65. The summed E-state index contributed by atoms with van der Waals surface area (Å²) < 4.78 is 15.1. The van der Waals surface area contributed by atoms with Gasteiger partial charge in [-0.2, -0.15) is 0 Å². The Morgan fingerprint density at radius 2 is 2.00 bits per heavy atom. The zero-order valence-corrected chi connectivity index (χ0v) is 13.6. The molecule has 0 aliphatic carbocycles. The van der Waals surface area contributed by atoms with Crippen LogP contribution in [0.5, 0.6) is 0 Å². The van der Waals surface area contributed by atoms with Gasteiger partial charge in [-0.15, -0.1) is 0 Å². The van der Waals surface area contributed by atoms with E-state index in [-0.39, 0.29) is 11.7 Å². The monoisotopic (exact) mass is 315 g/mol. The number of amides is 1. The number of hydrogen-bond donors (Lipinski definition) is 1. The second-order valence-corrected chi connectivity index (χ2v) is 6.24. The lowest BCUT2D eigenvalue weighted by atomic mass is 10.1. The molecule has 5 heteroatoms. The minimum atomic E-state index is -0.266. The fraction of sp³-hybridized carbons (Fsp3) is 0.389. The third kappa shape index (κ3) is 2.88. The molecule has 0 spiro atoms. The Bertz CT molecular complexity index is 721. The molecule has 0 bridgehead atoms. The Kier molecular flexibility index (Phi) is 4.22. The van der Waals surface area contributed by atoms with Gasteiger partial charge in [0.25, 0.3) is 5.91 Å². The van der Waals surface area contributed by atoms with Crippen LogP contribution < -0.4 is 5.73 Å². The van der Waals surface area contributed by atoms with E-state index in [9.17, 15) is 9.18 Å². The van der Waals surface area contributed by atoms with Gasteiger partial charge in [0.2, 0.25) is 0 Å². The quantitative estimate of drug-likeness (QED) is 0.946. The molecule has 0 radical (unpaired) electrons. The molecule has 2 heterocycles. The van der Waals surface area contributed by atoms with Gasteiger partial charge >= 0.3 is 0 Å². The van der Waals surface area contributed by atoms with E-state index in [1.807, 2.05) is 29.4 Å². The number of carbonyl (C=O) groups excluding carboxylic acids is 1. The minimum Gasteiger partial charge on any atom is -0.338 e. The first-order chi connectivity index (χ1) is 11.0. The van der Waals surface area contributed by atoms with Gasteiger partial charge in [0.15, 0.2) is 0 Å². The number of aromatic nitrogens is 1. The van der Waals surface area contributed by atoms with Gasteiger partial charge in [0.1, 0.15) is 5.82 Å². The number of benzene rings is 1. The Morgan fingerprint density at radius 3 is 2.61 bits per heavy atom. The highest BCUT2D eigenvalue weighted by molar-refractivity contribution is 5.96. The fourth-order valence-corrected chi connectivity index (χ4v) is 3.35. The average molecular weight is 315 g/mol. The SMILES string of the molecule is Cc1cc(C(=O)N2CCC(CN)C2)c(C)n1-c1ccc(F)cc1. The van der Waals surface area contributed by atoms with Crippen molar-refractivity contribution in [1.82, 2.24) is 9.47 Å². The highest BCUT2D eigenvalue weighted by Gasteiger charge is 2.28. The van der Waals surface area contributed by atoms with Crippen molar-refractivity contribution in [2.45, 2.75) is 20.3 Å². The van der Waals surface area contributed by atoms with Crippen LogP contribution in [0.25, 0.3) is 5.69 Å². The first-order valence-corrected chi connectivity index (χ1v) is 7.95. The van der Waals surface area contributed by atoms with E-state index in [0.29, 0.717) is 18.0 Å². The summed E-state index contributed by atoms with van der Waals surface area (Å²) in [5.41, 5.74) is 9.13. The van der Waals surface area contributed by atoms with Crippen molar-refractivity contribution >= 4 is 5.91 Å². The van der Waals surface area contributed by atoms with E-state index < -0.39 is 0 Å². The Morgan fingerprint density at radius 1 is 1.30 bits per heavy atom. The summed E-state index contributed by atoms with van der Waals surface area (Å²) in [6.07, 6.45) is 0.971. The van der Waals surface area contributed by atoms with Crippen LogP contribution >= 0.6 is 0 Å². The first-order valence-electron chi connectivity index (χ1n) is 7.95. The lowest BCUT2D eigenvalue weighted by Crippen LogP contribution is -2.30. The number of rotatable bonds is 3. The normalized spacial score (nSPS) is 17.7. The highest BCUT2D eigenvalue weighted by Crippen LogP contribution is 2.24. The Balaban J connectivity index is 1.91. The van der Waals surface area contributed by atoms with E-state index >= 15 is 0 Å². The third-order valence-electron chi connectivity index (χ3n) is 4.65. The standard InChI is InChI=1S/C18H22FN3O/c1-12-9-17(18(23)21-8-7-14(10-20)11-21)13(2)22(12)16-5-3-15(19)4-6-16/h3-6,9,14H,7-8,10-11,20H2,1-2H3. The molecule has 3 rings (SSSR count). The third-order valence-corrected chi connectivity index (χ3v) is 4.65. The van der Waals surface area contributed by atoms with Gasteiger partial charge in [-0.1, -0.05) is 0 Å². The molecular formula is C18H22FN3O. The van der Waals surface area contributed by atoms with E-state index in [2.05, 4.69) is 0 Å². The molecule has 1 unspecified atom stereocenters. The summed E-state index contributed by atoms with van der Waals surface area (Å²) in [7, 11) is 0. The molecule has 4 nitrogen and oxygen atoms in total. The number of nitrogens with two attached hydrogens (primary N) is 1. The number of carbonyl (C=O) groups is 1. The summed E-state index contributed by atoms with van der Waals surface area (Å²) >= 11 is 0. The van der Waals surface area contributed by atoms with Crippen molar-refractivity contribution in [1.29, 1.82) is 0 Å². The molecule has 1 atom stereocenters. The maximum atomic E-state index is 13.1. The lowest BCUT2D eigenvalue weighted by Gasteiger charge is -2.16. The maximum absolute atomic E-state index is 13.1. The second-order valence-electron chi connectivity index (χ2n) is 6.24. The summed E-state index contributed by atoms with van der Waals surface area (Å²) in [4.78, 5) is 14.7. The molecule has 23 heavy (non-hydrogen) atoms. The smallest absolute Gasteiger partial charge is 0.255 e. The number of halogens is 1. The first kappa shape index (κ1) is 15.7. The molecule has 1 fully saturated rings. The highest BCUT2D eigenvalue weighted by atomic mass is 19.1. The summed E-state index contributed by atoms with van der Waals surface area (Å²) in [5.74, 6) is 0.194. The molecule has 2 N–H and O–H groups in total.